The Bertz CT molecular complexity index is 1410. The van der Waals surface area contributed by atoms with E-state index in [1.54, 1.807) is 48.8 Å². The Kier molecular flexibility index (Phi) is 8.62. The number of nitrogens with zero attached hydrogens (tertiary/aromatic N) is 2. The summed E-state index contributed by atoms with van der Waals surface area (Å²) in [5.74, 6) is 0.286. The molecule has 9 heteroatoms. The summed E-state index contributed by atoms with van der Waals surface area (Å²) in [6.45, 7) is 6.63. The Morgan fingerprint density at radius 1 is 1.00 bits per heavy atom. The predicted molar refractivity (Wildman–Crippen MR) is 150 cm³/mol. The summed E-state index contributed by atoms with van der Waals surface area (Å²) in [6, 6.07) is 11.2. The summed E-state index contributed by atoms with van der Waals surface area (Å²) in [5.41, 5.74) is 2.38. The fourth-order valence-corrected chi connectivity index (χ4v) is 4.71. The third-order valence-corrected chi connectivity index (χ3v) is 6.64. The smallest absolute Gasteiger partial charge is 0.295 e. The van der Waals surface area contributed by atoms with Crippen LogP contribution in [0, 0.1) is 12.8 Å². The molecule has 0 radical (unpaired) electrons. The molecule has 1 fully saturated rings. The average molecular weight is 547 g/mol. The van der Waals surface area contributed by atoms with E-state index in [0.717, 1.165) is 11.1 Å². The molecule has 0 spiro atoms. The van der Waals surface area contributed by atoms with E-state index in [2.05, 4.69) is 18.8 Å². The van der Waals surface area contributed by atoms with Gasteiger partial charge in [0.15, 0.2) is 11.5 Å². The van der Waals surface area contributed by atoms with Crippen LogP contribution in [0.3, 0.4) is 0 Å². The topological polar surface area (TPSA) is 107 Å². The lowest BCUT2D eigenvalue weighted by atomic mass is 9.94. The summed E-state index contributed by atoms with van der Waals surface area (Å²) in [5, 5.41) is 11.6. The van der Waals surface area contributed by atoms with Crippen LogP contribution in [-0.2, 0) is 16.1 Å². The van der Waals surface area contributed by atoms with Crippen LogP contribution < -0.4 is 18.9 Å². The van der Waals surface area contributed by atoms with E-state index >= 15 is 0 Å². The van der Waals surface area contributed by atoms with Gasteiger partial charge in [-0.15, -0.1) is 0 Å². The van der Waals surface area contributed by atoms with E-state index in [1.165, 1.54) is 26.2 Å². The summed E-state index contributed by atoms with van der Waals surface area (Å²) in [4.78, 5) is 32.5. The van der Waals surface area contributed by atoms with E-state index in [9.17, 15) is 14.7 Å². The largest absolute Gasteiger partial charge is 0.507 e. The van der Waals surface area contributed by atoms with Gasteiger partial charge in [-0.05, 0) is 65.9 Å². The van der Waals surface area contributed by atoms with Crippen molar-refractivity contribution in [3.05, 3.63) is 82.7 Å². The molecule has 1 aromatic heterocycles. The van der Waals surface area contributed by atoms with Crippen LogP contribution in [0.25, 0.3) is 5.76 Å². The van der Waals surface area contributed by atoms with Crippen LogP contribution in [0.5, 0.6) is 23.0 Å². The summed E-state index contributed by atoms with van der Waals surface area (Å²) in [7, 11) is 4.46. The van der Waals surface area contributed by atoms with E-state index in [0.29, 0.717) is 46.6 Å². The first-order chi connectivity index (χ1) is 19.2. The maximum Gasteiger partial charge on any atom is 0.295 e. The van der Waals surface area contributed by atoms with E-state index in [1.807, 2.05) is 13.0 Å². The number of methoxy groups -OCH3 is 3. The SMILES string of the molecule is COc1cc([C@@H]2/C(=C(\O)c3ccc(OCC(C)C)c(C)c3)C(=O)C(=O)N2Cc2cccnc2)cc(OC)c1OC. The van der Waals surface area contributed by atoms with Gasteiger partial charge in [0, 0.05) is 24.5 Å². The number of aliphatic hydroxyl groups excluding tert-OH is 1. The number of carbonyl (C=O) groups is 2. The Hall–Kier alpha value is -4.53. The predicted octanol–water partition coefficient (Wildman–Crippen LogP) is 5.07. The molecule has 0 aliphatic carbocycles. The highest BCUT2D eigenvalue weighted by Crippen LogP contribution is 2.46. The molecule has 0 bridgehead atoms. The molecule has 1 aliphatic heterocycles. The Morgan fingerprint density at radius 3 is 2.25 bits per heavy atom. The van der Waals surface area contributed by atoms with Gasteiger partial charge in [-0.3, -0.25) is 14.6 Å². The molecular formula is C31H34N2O7. The van der Waals surface area contributed by atoms with Crippen LogP contribution >= 0.6 is 0 Å². The summed E-state index contributed by atoms with van der Waals surface area (Å²) >= 11 is 0. The molecular weight excluding hydrogens is 512 g/mol. The van der Waals surface area contributed by atoms with Gasteiger partial charge in [-0.2, -0.15) is 0 Å². The van der Waals surface area contributed by atoms with Gasteiger partial charge in [0.05, 0.1) is 39.6 Å². The molecule has 0 saturated carbocycles. The Morgan fingerprint density at radius 2 is 1.70 bits per heavy atom. The minimum Gasteiger partial charge on any atom is -0.507 e. The van der Waals surface area contributed by atoms with Crippen molar-refractivity contribution < 1.29 is 33.6 Å². The number of hydrogen-bond acceptors (Lipinski definition) is 8. The Labute approximate surface area is 234 Å². The quantitative estimate of drug-likeness (QED) is 0.213. The molecule has 1 amide bonds. The number of pyridine rings is 1. The minimum absolute atomic E-state index is 0.0431. The molecule has 1 atom stereocenters. The Balaban J connectivity index is 1.88. The van der Waals surface area contributed by atoms with Gasteiger partial charge in [0.2, 0.25) is 5.75 Å². The average Bonchev–Trinajstić information content (AvgIpc) is 3.20. The summed E-state index contributed by atoms with van der Waals surface area (Å²) < 4.78 is 22.4. The number of benzene rings is 2. The third kappa shape index (κ3) is 5.59. The number of rotatable bonds is 10. The second-order valence-electron chi connectivity index (χ2n) is 9.93. The molecule has 40 heavy (non-hydrogen) atoms. The van der Waals surface area contributed by atoms with Gasteiger partial charge in [-0.25, -0.2) is 0 Å². The van der Waals surface area contributed by atoms with Crippen molar-refractivity contribution in [2.24, 2.45) is 5.92 Å². The molecule has 4 rings (SSSR count). The number of ether oxygens (including phenoxy) is 4. The highest BCUT2D eigenvalue weighted by atomic mass is 16.5. The van der Waals surface area contributed by atoms with Crippen LogP contribution in [0.15, 0.2) is 60.4 Å². The molecule has 2 aromatic carbocycles. The van der Waals surface area contributed by atoms with Crippen LogP contribution in [-0.4, -0.2) is 54.6 Å². The van der Waals surface area contributed by atoms with E-state index in [-0.39, 0.29) is 17.9 Å². The number of amides is 1. The maximum atomic E-state index is 13.5. The molecule has 0 unspecified atom stereocenters. The van der Waals surface area contributed by atoms with Crippen molar-refractivity contribution in [3.63, 3.8) is 0 Å². The van der Waals surface area contributed by atoms with Gasteiger partial charge >= 0.3 is 0 Å². The second-order valence-corrected chi connectivity index (χ2v) is 9.93. The zero-order valence-electron chi connectivity index (χ0n) is 23.6. The number of aliphatic hydroxyl groups is 1. The molecule has 1 aliphatic rings. The first kappa shape index (κ1) is 28.5. The van der Waals surface area contributed by atoms with Crippen molar-refractivity contribution in [1.82, 2.24) is 9.88 Å². The van der Waals surface area contributed by atoms with Crippen molar-refractivity contribution in [2.75, 3.05) is 27.9 Å². The van der Waals surface area contributed by atoms with Crippen molar-refractivity contribution in [2.45, 2.75) is 33.4 Å². The van der Waals surface area contributed by atoms with Gasteiger partial charge < -0.3 is 29.0 Å². The molecule has 3 aromatic rings. The lowest BCUT2D eigenvalue weighted by molar-refractivity contribution is -0.140. The number of carbonyl (C=O) groups excluding carboxylic acids is 2. The van der Waals surface area contributed by atoms with Crippen molar-refractivity contribution in [1.29, 1.82) is 0 Å². The number of aryl methyl sites for hydroxylation is 1. The monoisotopic (exact) mass is 546 g/mol. The minimum atomic E-state index is -0.939. The lowest BCUT2D eigenvalue weighted by Gasteiger charge is -2.26. The summed E-state index contributed by atoms with van der Waals surface area (Å²) in [6.07, 6.45) is 3.26. The fraction of sp³-hybridized carbons (Fsp3) is 0.323. The zero-order valence-corrected chi connectivity index (χ0v) is 23.6. The van der Waals surface area contributed by atoms with Crippen LogP contribution in [0.2, 0.25) is 0 Å². The van der Waals surface area contributed by atoms with Crippen LogP contribution in [0.1, 0.15) is 42.1 Å². The van der Waals surface area contributed by atoms with Crippen molar-refractivity contribution in [3.8, 4) is 23.0 Å². The van der Waals surface area contributed by atoms with Crippen LogP contribution in [0.4, 0.5) is 0 Å². The molecule has 1 N–H and O–H groups in total. The van der Waals surface area contributed by atoms with Gasteiger partial charge in [0.1, 0.15) is 11.5 Å². The molecule has 9 nitrogen and oxygen atoms in total. The van der Waals surface area contributed by atoms with E-state index < -0.39 is 17.7 Å². The highest BCUT2D eigenvalue weighted by Gasteiger charge is 2.46. The lowest BCUT2D eigenvalue weighted by Crippen LogP contribution is -2.29. The number of Topliss-reactive ketones (excluding diaryl/α,β-unsaturated/α-hetero) is 1. The maximum absolute atomic E-state index is 13.5. The first-order valence-electron chi connectivity index (χ1n) is 12.9. The van der Waals surface area contributed by atoms with Gasteiger partial charge in [-0.1, -0.05) is 19.9 Å². The molecule has 210 valence electrons. The normalized spacial score (nSPS) is 16.4. The second kappa shape index (κ2) is 12.1. The number of aromatic nitrogens is 1. The fourth-order valence-electron chi connectivity index (χ4n) is 4.71. The van der Waals surface area contributed by atoms with Crippen molar-refractivity contribution >= 4 is 17.4 Å². The standard InChI is InChI=1S/C31H34N2O7/c1-18(2)17-40-23-10-9-21(12-19(23)3)28(34)26-27(22-13-24(37-4)30(39-6)25(14-22)38-5)33(31(36)29(26)35)16-20-8-7-11-32-15-20/h7-15,18,27,34H,16-17H2,1-6H3/b28-26+/t27-/m1/s1. The van der Waals surface area contributed by atoms with E-state index in [4.69, 9.17) is 18.9 Å². The number of hydrogen-bond donors (Lipinski definition) is 1. The zero-order chi connectivity index (χ0) is 29.0. The first-order valence-corrected chi connectivity index (χ1v) is 12.9. The third-order valence-electron chi connectivity index (χ3n) is 6.64. The molecule has 2 heterocycles. The number of likely N-dealkylation sites (tertiary alicyclic amines) is 1. The molecule has 1 saturated heterocycles. The van der Waals surface area contributed by atoms with Gasteiger partial charge in [0.25, 0.3) is 11.7 Å². The number of ketones is 1. The highest BCUT2D eigenvalue weighted by molar-refractivity contribution is 6.46.